The first-order chi connectivity index (χ1) is 8.30. The third kappa shape index (κ3) is 3.97. The van der Waals surface area contributed by atoms with Crippen LogP contribution in [0, 0.1) is 0 Å². The van der Waals surface area contributed by atoms with Gasteiger partial charge in [-0.25, -0.2) is 13.1 Å². The maximum absolute atomic E-state index is 12.1. The van der Waals surface area contributed by atoms with Crippen LogP contribution in [0.25, 0.3) is 0 Å². The number of aliphatic hydroxyl groups is 1. The molecule has 0 bridgehead atoms. The predicted octanol–water partition coefficient (Wildman–Crippen LogP) is 1.13. The van der Waals surface area contributed by atoms with Gasteiger partial charge in [-0.2, -0.15) is 0 Å². The van der Waals surface area contributed by atoms with Crippen LogP contribution in [0.3, 0.4) is 0 Å². The van der Waals surface area contributed by atoms with Gasteiger partial charge in [0.2, 0.25) is 10.0 Å². The van der Waals surface area contributed by atoms with Crippen molar-refractivity contribution in [1.82, 2.24) is 4.72 Å². The Bertz CT molecular complexity index is 497. The highest BCUT2D eigenvalue weighted by atomic mass is 32.2. The molecule has 0 amide bonds. The van der Waals surface area contributed by atoms with Crippen molar-refractivity contribution in [1.29, 1.82) is 0 Å². The summed E-state index contributed by atoms with van der Waals surface area (Å²) in [5.74, 6) is 0.484. The molecule has 5 nitrogen and oxygen atoms in total. The molecule has 0 saturated heterocycles. The van der Waals surface area contributed by atoms with Gasteiger partial charge in [-0.15, -0.1) is 0 Å². The number of rotatable bonds is 6. The van der Waals surface area contributed by atoms with Crippen molar-refractivity contribution in [2.75, 3.05) is 13.7 Å². The van der Waals surface area contributed by atoms with Gasteiger partial charge in [0.25, 0.3) is 0 Å². The number of ether oxygens (including phenoxy) is 1. The lowest BCUT2D eigenvalue weighted by atomic mass is 10.0. The highest BCUT2D eigenvalue weighted by molar-refractivity contribution is 7.89. The predicted molar refractivity (Wildman–Crippen MR) is 69.1 cm³/mol. The molecule has 2 N–H and O–H groups in total. The first-order valence-electron chi connectivity index (χ1n) is 5.60. The number of benzene rings is 1. The highest BCUT2D eigenvalue weighted by Gasteiger charge is 2.25. The number of aliphatic hydroxyl groups excluding tert-OH is 1. The molecular weight excluding hydrogens is 254 g/mol. The van der Waals surface area contributed by atoms with Crippen molar-refractivity contribution in [3.8, 4) is 5.75 Å². The van der Waals surface area contributed by atoms with Crippen molar-refractivity contribution >= 4 is 10.0 Å². The van der Waals surface area contributed by atoms with Gasteiger partial charge in [-0.1, -0.05) is 6.07 Å². The van der Waals surface area contributed by atoms with Crippen molar-refractivity contribution in [2.24, 2.45) is 0 Å². The van der Waals surface area contributed by atoms with Gasteiger partial charge in [-0.05, 0) is 32.4 Å². The van der Waals surface area contributed by atoms with Crippen molar-refractivity contribution in [3.05, 3.63) is 24.3 Å². The van der Waals surface area contributed by atoms with Crippen molar-refractivity contribution in [3.63, 3.8) is 0 Å². The fourth-order valence-corrected chi connectivity index (χ4v) is 3.00. The zero-order chi connectivity index (χ0) is 13.8. The van der Waals surface area contributed by atoms with E-state index in [9.17, 15) is 8.42 Å². The summed E-state index contributed by atoms with van der Waals surface area (Å²) in [6.45, 7) is 3.37. The van der Waals surface area contributed by atoms with Gasteiger partial charge in [0.1, 0.15) is 5.75 Å². The van der Waals surface area contributed by atoms with E-state index in [1.165, 1.54) is 19.2 Å². The molecule has 0 aliphatic carbocycles. The van der Waals surface area contributed by atoms with Gasteiger partial charge in [0.15, 0.2) is 0 Å². The minimum absolute atomic E-state index is 0.0758. The number of nitrogens with one attached hydrogen (secondary N) is 1. The summed E-state index contributed by atoms with van der Waals surface area (Å²) in [6.07, 6.45) is 0.343. The maximum atomic E-state index is 12.1. The molecule has 1 aromatic carbocycles. The van der Waals surface area contributed by atoms with Crippen LogP contribution >= 0.6 is 0 Å². The van der Waals surface area contributed by atoms with E-state index in [-0.39, 0.29) is 11.5 Å². The number of hydrogen-bond donors (Lipinski definition) is 2. The monoisotopic (exact) mass is 273 g/mol. The summed E-state index contributed by atoms with van der Waals surface area (Å²) >= 11 is 0. The standard InChI is InChI=1S/C12H19NO4S/c1-12(2,7-8-14)13-18(15,16)11-6-4-5-10(9-11)17-3/h4-6,9,13-14H,7-8H2,1-3H3. The Morgan fingerprint density at radius 1 is 1.39 bits per heavy atom. The average Bonchev–Trinajstić information content (AvgIpc) is 2.27. The second kappa shape index (κ2) is 5.69. The Kier molecular flexibility index (Phi) is 4.72. The summed E-state index contributed by atoms with van der Waals surface area (Å²) in [7, 11) is -2.13. The molecule has 102 valence electrons. The van der Waals surface area contributed by atoms with Crippen LogP contribution in [0.4, 0.5) is 0 Å². The fourth-order valence-electron chi connectivity index (χ4n) is 1.52. The van der Waals surface area contributed by atoms with Crippen molar-refractivity contribution < 1.29 is 18.3 Å². The molecule has 18 heavy (non-hydrogen) atoms. The molecule has 0 radical (unpaired) electrons. The number of hydrogen-bond acceptors (Lipinski definition) is 4. The van der Waals surface area contributed by atoms with Gasteiger partial charge >= 0.3 is 0 Å². The van der Waals surface area contributed by atoms with E-state index < -0.39 is 15.6 Å². The molecule has 0 atom stereocenters. The van der Waals surface area contributed by atoms with Crippen LogP contribution in [0.5, 0.6) is 5.75 Å². The second-order valence-electron chi connectivity index (χ2n) is 4.64. The molecule has 0 unspecified atom stereocenters. The van der Waals surface area contributed by atoms with Crippen LogP contribution in [-0.2, 0) is 10.0 Å². The lowest BCUT2D eigenvalue weighted by molar-refractivity contribution is 0.245. The van der Waals surface area contributed by atoms with Crippen molar-refractivity contribution in [2.45, 2.75) is 30.7 Å². The fraction of sp³-hybridized carbons (Fsp3) is 0.500. The zero-order valence-electron chi connectivity index (χ0n) is 10.8. The van der Waals surface area contributed by atoms with E-state index in [2.05, 4.69) is 4.72 Å². The van der Waals surface area contributed by atoms with E-state index in [1.807, 2.05) is 0 Å². The molecule has 0 spiro atoms. The Labute approximate surface area is 108 Å². The smallest absolute Gasteiger partial charge is 0.241 e. The lowest BCUT2D eigenvalue weighted by Crippen LogP contribution is -2.43. The molecule has 1 aromatic rings. The Morgan fingerprint density at radius 3 is 2.61 bits per heavy atom. The van der Waals surface area contributed by atoms with E-state index in [0.717, 1.165) is 0 Å². The van der Waals surface area contributed by atoms with Crippen LogP contribution < -0.4 is 9.46 Å². The largest absolute Gasteiger partial charge is 0.497 e. The molecule has 0 aliphatic heterocycles. The van der Waals surface area contributed by atoms with E-state index >= 15 is 0 Å². The number of methoxy groups -OCH3 is 1. The Balaban J connectivity index is 2.99. The minimum atomic E-state index is -3.61. The molecule has 0 aliphatic rings. The van der Waals surface area contributed by atoms with Crippen LogP contribution in [0.2, 0.25) is 0 Å². The highest BCUT2D eigenvalue weighted by Crippen LogP contribution is 2.19. The normalized spacial score (nSPS) is 12.4. The maximum Gasteiger partial charge on any atom is 0.241 e. The quantitative estimate of drug-likeness (QED) is 0.815. The van der Waals surface area contributed by atoms with E-state index in [0.29, 0.717) is 12.2 Å². The van der Waals surface area contributed by atoms with Gasteiger partial charge in [-0.3, -0.25) is 0 Å². The summed E-state index contributed by atoms with van der Waals surface area (Å²) in [6, 6.07) is 6.25. The van der Waals surface area contributed by atoms with Gasteiger partial charge in [0.05, 0.1) is 12.0 Å². The summed E-state index contributed by atoms with van der Waals surface area (Å²) in [5.41, 5.74) is -0.698. The first-order valence-corrected chi connectivity index (χ1v) is 7.08. The van der Waals surface area contributed by atoms with E-state index in [1.54, 1.807) is 26.0 Å². The van der Waals surface area contributed by atoms with E-state index in [4.69, 9.17) is 9.84 Å². The van der Waals surface area contributed by atoms with Gasteiger partial charge in [0, 0.05) is 18.2 Å². The Morgan fingerprint density at radius 2 is 2.06 bits per heavy atom. The third-order valence-electron chi connectivity index (χ3n) is 2.50. The number of sulfonamides is 1. The molecule has 0 fully saturated rings. The topological polar surface area (TPSA) is 75.6 Å². The summed E-state index contributed by atoms with van der Waals surface area (Å²) < 4.78 is 31.8. The molecule has 0 saturated carbocycles. The molecule has 0 aromatic heterocycles. The summed E-state index contributed by atoms with van der Waals surface area (Å²) in [5, 5.41) is 8.90. The molecular formula is C12H19NO4S. The second-order valence-corrected chi connectivity index (χ2v) is 6.32. The average molecular weight is 273 g/mol. The van der Waals surface area contributed by atoms with Gasteiger partial charge < -0.3 is 9.84 Å². The van der Waals surface area contributed by atoms with Crippen LogP contribution in [0.15, 0.2) is 29.2 Å². The zero-order valence-corrected chi connectivity index (χ0v) is 11.6. The molecule has 6 heteroatoms. The SMILES string of the molecule is COc1cccc(S(=O)(=O)NC(C)(C)CCO)c1. The molecule has 0 heterocycles. The minimum Gasteiger partial charge on any atom is -0.497 e. The molecule has 1 rings (SSSR count). The first kappa shape index (κ1) is 14.9. The van der Waals surface area contributed by atoms with Crippen LogP contribution in [-0.4, -0.2) is 32.8 Å². The van der Waals surface area contributed by atoms with Crippen LogP contribution in [0.1, 0.15) is 20.3 Å². The lowest BCUT2D eigenvalue weighted by Gasteiger charge is -2.25. The third-order valence-corrected chi connectivity index (χ3v) is 4.19. The summed E-state index contributed by atoms with van der Waals surface area (Å²) in [4.78, 5) is 0.146. The Hall–Kier alpha value is -1.11.